The Morgan fingerprint density at radius 2 is 0.474 bits per heavy atom. The quantitative estimate of drug-likeness (QED) is 0.0222. The number of phosphoric acid groups is 2. The van der Waals surface area contributed by atoms with Gasteiger partial charge in [0.15, 0.2) is 12.2 Å². The fraction of sp³-hybridized carbons (Fsp3) is 0.949. The molecule has 0 aliphatic carbocycles. The predicted octanol–water partition coefficient (Wildman–Crippen LogP) is 23.0. The summed E-state index contributed by atoms with van der Waals surface area (Å²) in [6.07, 6.45) is 55.4. The summed E-state index contributed by atoms with van der Waals surface area (Å²) in [5, 5.41) is 10.6. The van der Waals surface area contributed by atoms with Crippen LogP contribution in [0.2, 0.25) is 0 Å². The van der Waals surface area contributed by atoms with E-state index >= 15 is 0 Å². The third-order valence-electron chi connectivity index (χ3n) is 18.1. The van der Waals surface area contributed by atoms with Gasteiger partial charge >= 0.3 is 39.5 Å². The summed E-state index contributed by atoms with van der Waals surface area (Å²) in [5.74, 6) is 0.164. The number of unbranched alkanes of at least 4 members (excludes halogenated alkanes) is 44. The Labute approximate surface area is 594 Å². The van der Waals surface area contributed by atoms with Crippen LogP contribution in [0.25, 0.3) is 0 Å². The third-order valence-corrected chi connectivity index (χ3v) is 20.0. The molecule has 0 saturated carbocycles. The number of hydrogen-bond donors (Lipinski definition) is 3. The Morgan fingerprint density at radius 1 is 0.278 bits per heavy atom. The fourth-order valence-electron chi connectivity index (χ4n) is 12.0. The SMILES string of the molecule is CCCCCCCCCCCCCCCCCCCC(=O)O[C@H](COC(=O)CCCCCCCCCCCCCCC(C)C)COP(=O)(O)OC[C@@H](O)COP(=O)(O)OC[C@@H](COC(=O)CCCCCCCCCCCC(C)C)OC(=O)CCCCCCCCCCCCC(C)C. The van der Waals surface area contributed by atoms with Gasteiger partial charge in [0, 0.05) is 25.7 Å². The Balaban J connectivity index is 5.27. The first-order valence-corrected chi connectivity index (χ1v) is 43.3. The van der Waals surface area contributed by atoms with Crippen LogP contribution >= 0.6 is 15.6 Å². The maximum absolute atomic E-state index is 13.1. The molecule has 0 heterocycles. The number of aliphatic hydroxyl groups excluding tert-OH is 1. The molecule has 0 saturated heterocycles. The van der Waals surface area contributed by atoms with Gasteiger partial charge in [0.25, 0.3) is 0 Å². The highest BCUT2D eigenvalue weighted by Gasteiger charge is 2.30. The zero-order chi connectivity index (χ0) is 71.6. The summed E-state index contributed by atoms with van der Waals surface area (Å²) in [6, 6.07) is 0. The van der Waals surface area contributed by atoms with Gasteiger partial charge in [-0.05, 0) is 43.4 Å². The van der Waals surface area contributed by atoms with Gasteiger partial charge in [-0.25, -0.2) is 9.13 Å². The normalized spacial score (nSPS) is 14.0. The molecule has 97 heavy (non-hydrogen) atoms. The van der Waals surface area contributed by atoms with Gasteiger partial charge in [-0.15, -0.1) is 0 Å². The van der Waals surface area contributed by atoms with E-state index in [9.17, 15) is 43.2 Å². The Hall–Kier alpha value is -1.94. The Bertz CT molecular complexity index is 1890. The second kappa shape index (κ2) is 68.5. The fourth-order valence-corrected chi connectivity index (χ4v) is 13.5. The van der Waals surface area contributed by atoms with E-state index in [-0.39, 0.29) is 25.7 Å². The Morgan fingerprint density at radius 3 is 0.701 bits per heavy atom. The van der Waals surface area contributed by atoms with Crippen molar-refractivity contribution in [1.29, 1.82) is 0 Å². The van der Waals surface area contributed by atoms with E-state index in [4.69, 9.17) is 37.0 Å². The van der Waals surface area contributed by atoms with E-state index in [1.807, 2.05) is 0 Å². The number of phosphoric ester groups is 2. The van der Waals surface area contributed by atoms with Crippen LogP contribution in [-0.2, 0) is 65.4 Å². The highest BCUT2D eigenvalue weighted by molar-refractivity contribution is 7.47. The van der Waals surface area contributed by atoms with Gasteiger partial charge < -0.3 is 33.8 Å². The summed E-state index contributed by atoms with van der Waals surface area (Å²) in [5.41, 5.74) is 0. The van der Waals surface area contributed by atoms with Gasteiger partial charge in [-0.1, -0.05) is 350 Å². The summed E-state index contributed by atoms with van der Waals surface area (Å²) in [6.45, 7) is 11.9. The number of carbonyl (C=O) groups excluding carboxylic acids is 4. The first kappa shape index (κ1) is 95.1. The van der Waals surface area contributed by atoms with E-state index in [1.165, 1.54) is 212 Å². The van der Waals surface area contributed by atoms with Crippen molar-refractivity contribution in [3.8, 4) is 0 Å². The van der Waals surface area contributed by atoms with Crippen LogP contribution in [0.15, 0.2) is 0 Å². The lowest BCUT2D eigenvalue weighted by atomic mass is 10.0. The molecule has 0 bridgehead atoms. The predicted molar refractivity (Wildman–Crippen MR) is 395 cm³/mol. The van der Waals surface area contributed by atoms with Gasteiger partial charge in [-0.3, -0.25) is 37.3 Å². The van der Waals surface area contributed by atoms with E-state index in [2.05, 4.69) is 48.5 Å². The molecule has 2 unspecified atom stereocenters. The molecule has 0 aliphatic heterocycles. The number of aliphatic hydroxyl groups is 1. The lowest BCUT2D eigenvalue weighted by Crippen LogP contribution is -2.30. The van der Waals surface area contributed by atoms with Crippen molar-refractivity contribution >= 4 is 39.5 Å². The maximum atomic E-state index is 13.1. The lowest BCUT2D eigenvalue weighted by molar-refractivity contribution is -0.161. The van der Waals surface area contributed by atoms with Gasteiger partial charge in [0.2, 0.25) is 0 Å². The molecule has 0 aromatic carbocycles. The third kappa shape index (κ3) is 72.2. The average Bonchev–Trinajstić information content (AvgIpc) is 1.59. The van der Waals surface area contributed by atoms with Crippen molar-refractivity contribution in [3.05, 3.63) is 0 Å². The minimum Gasteiger partial charge on any atom is -0.462 e. The summed E-state index contributed by atoms with van der Waals surface area (Å²) >= 11 is 0. The van der Waals surface area contributed by atoms with E-state index in [0.29, 0.717) is 25.7 Å². The maximum Gasteiger partial charge on any atom is 0.472 e. The summed E-state index contributed by atoms with van der Waals surface area (Å²) < 4.78 is 68.6. The molecule has 0 spiro atoms. The lowest BCUT2D eigenvalue weighted by Gasteiger charge is -2.21. The molecule has 0 aliphatic rings. The average molecular weight is 1420 g/mol. The molecule has 5 atom stereocenters. The molecule has 17 nitrogen and oxygen atoms in total. The van der Waals surface area contributed by atoms with Crippen molar-refractivity contribution in [2.24, 2.45) is 17.8 Å². The second-order valence-corrected chi connectivity index (χ2v) is 32.4. The van der Waals surface area contributed by atoms with Crippen LogP contribution in [0.1, 0.15) is 402 Å². The van der Waals surface area contributed by atoms with Crippen LogP contribution in [0.3, 0.4) is 0 Å². The molecule has 0 amide bonds. The van der Waals surface area contributed by atoms with Gasteiger partial charge in [-0.2, -0.15) is 0 Å². The zero-order valence-corrected chi connectivity index (χ0v) is 65.3. The van der Waals surface area contributed by atoms with E-state index < -0.39 is 97.5 Å². The zero-order valence-electron chi connectivity index (χ0n) is 63.5. The standard InChI is InChI=1S/C78H152O17P2/c1-8-9-10-11-12-13-14-15-16-17-18-19-24-32-40-47-54-61-77(82)94-73(65-88-75(80)59-52-45-38-31-23-21-20-22-28-35-42-49-56-69(2)3)67-92-96(84,85)90-63-72(79)64-91-97(86,87)93-68-74(66-89-76(81)60-53-46-39-34-27-30-37-44-51-58-71(6)7)95-78(83)62-55-48-41-33-26-25-29-36-43-50-57-70(4)5/h69-74,79H,8-68H2,1-7H3,(H,84,85)(H,86,87)/t72-,73-,74-/m1/s1. The number of ether oxygens (including phenoxy) is 4. The molecule has 0 fully saturated rings. The van der Waals surface area contributed by atoms with Crippen LogP contribution in [0, 0.1) is 17.8 Å². The van der Waals surface area contributed by atoms with Crippen molar-refractivity contribution in [3.63, 3.8) is 0 Å². The number of esters is 4. The minimum absolute atomic E-state index is 0.106. The molecule has 576 valence electrons. The molecule has 0 aromatic heterocycles. The highest BCUT2D eigenvalue weighted by atomic mass is 31.2. The van der Waals surface area contributed by atoms with E-state index in [1.54, 1.807) is 0 Å². The van der Waals surface area contributed by atoms with Crippen LogP contribution < -0.4 is 0 Å². The van der Waals surface area contributed by atoms with Crippen molar-refractivity contribution in [1.82, 2.24) is 0 Å². The molecule has 3 N–H and O–H groups in total. The van der Waals surface area contributed by atoms with Crippen LogP contribution in [0.5, 0.6) is 0 Å². The highest BCUT2D eigenvalue weighted by Crippen LogP contribution is 2.45. The van der Waals surface area contributed by atoms with Crippen LogP contribution in [0.4, 0.5) is 0 Å². The molecular formula is C78H152O17P2. The number of carbonyl (C=O) groups is 4. The number of rotatable bonds is 76. The van der Waals surface area contributed by atoms with Crippen molar-refractivity contribution in [2.45, 2.75) is 420 Å². The summed E-state index contributed by atoms with van der Waals surface area (Å²) in [7, 11) is -9.92. The Kier molecular flexibility index (Phi) is 67.1. The largest absolute Gasteiger partial charge is 0.472 e. The second-order valence-electron chi connectivity index (χ2n) is 29.5. The van der Waals surface area contributed by atoms with Gasteiger partial charge in [0.05, 0.1) is 26.4 Å². The molecule has 0 radical (unpaired) electrons. The van der Waals surface area contributed by atoms with Gasteiger partial charge in [0.1, 0.15) is 19.3 Å². The monoisotopic (exact) mass is 1420 g/mol. The first-order chi connectivity index (χ1) is 46.7. The minimum atomic E-state index is -4.96. The number of hydrogen-bond acceptors (Lipinski definition) is 15. The smallest absolute Gasteiger partial charge is 0.462 e. The molecular weight excluding hydrogens is 1270 g/mol. The molecule has 0 rings (SSSR count). The summed E-state index contributed by atoms with van der Waals surface area (Å²) in [4.78, 5) is 72.9. The molecule has 19 heteroatoms. The van der Waals surface area contributed by atoms with E-state index in [0.717, 1.165) is 108 Å². The van der Waals surface area contributed by atoms with Crippen LogP contribution in [-0.4, -0.2) is 96.7 Å². The topological polar surface area (TPSA) is 237 Å². The first-order valence-electron chi connectivity index (χ1n) is 40.3. The van der Waals surface area contributed by atoms with Crippen molar-refractivity contribution in [2.75, 3.05) is 39.6 Å². The molecule has 0 aromatic rings. The van der Waals surface area contributed by atoms with Crippen molar-refractivity contribution < 1.29 is 80.2 Å².